The summed E-state index contributed by atoms with van der Waals surface area (Å²) in [5.74, 6) is 1.14. The first kappa shape index (κ1) is 28.8. The number of aliphatic hydroxyl groups is 2. The Morgan fingerprint density at radius 2 is 1.79 bits per heavy atom. The van der Waals surface area contributed by atoms with Crippen LogP contribution in [0.25, 0.3) is 10.8 Å². The van der Waals surface area contributed by atoms with Crippen LogP contribution in [0.15, 0.2) is 48.6 Å². The number of fused-ring (bicyclic) bond motifs is 1. The van der Waals surface area contributed by atoms with E-state index in [0.29, 0.717) is 17.9 Å². The fraction of sp³-hybridized carbons (Fsp3) is 0.606. The molecule has 5 nitrogen and oxygen atoms in total. The van der Waals surface area contributed by atoms with Crippen LogP contribution in [0.4, 0.5) is 0 Å². The number of aliphatic hydroxyl groups excluding tert-OH is 2. The Hall–Kier alpha value is -2.21. The van der Waals surface area contributed by atoms with Crippen molar-refractivity contribution in [3.63, 3.8) is 0 Å². The lowest BCUT2D eigenvalue weighted by Crippen LogP contribution is -2.34. The Kier molecular flexibility index (Phi) is 10.8. The van der Waals surface area contributed by atoms with Crippen molar-refractivity contribution in [1.82, 2.24) is 0 Å². The topological polar surface area (TPSA) is 76.0 Å². The van der Waals surface area contributed by atoms with Gasteiger partial charge in [0.1, 0.15) is 6.61 Å². The van der Waals surface area contributed by atoms with E-state index in [-0.39, 0.29) is 24.7 Å². The maximum absolute atomic E-state index is 11.8. The molecule has 0 spiro atoms. The Balaban J connectivity index is 1.29. The largest absolute Gasteiger partial charge is 0.462 e. The number of esters is 1. The quantitative estimate of drug-likeness (QED) is 0.185. The van der Waals surface area contributed by atoms with Gasteiger partial charge >= 0.3 is 5.97 Å². The minimum absolute atomic E-state index is 0.0134. The van der Waals surface area contributed by atoms with Crippen molar-refractivity contribution in [2.24, 2.45) is 11.8 Å². The minimum Gasteiger partial charge on any atom is -0.462 e. The van der Waals surface area contributed by atoms with Gasteiger partial charge in [-0.2, -0.15) is 0 Å². The van der Waals surface area contributed by atoms with E-state index in [2.05, 4.69) is 43.8 Å². The SMILES string of the molecule is C=C(CO)C(=O)OCC(CO)c1ccc2cc(C3CCC(C4CCC(CCCCC)CO4)CC3)ccc2c1. The third-order valence-corrected chi connectivity index (χ3v) is 8.87. The molecule has 0 radical (unpaired) electrons. The lowest BCUT2D eigenvalue weighted by atomic mass is 9.74. The number of carbonyl (C=O) groups is 1. The summed E-state index contributed by atoms with van der Waals surface area (Å²) >= 11 is 0. The molecule has 2 fully saturated rings. The maximum atomic E-state index is 11.8. The first-order valence-electron chi connectivity index (χ1n) is 14.7. The number of ether oxygens (including phenoxy) is 2. The van der Waals surface area contributed by atoms with Crippen LogP contribution in [0.1, 0.15) is 94.1 Å². The summed E-state index contributed by atoms with van der Waals surface area (Å²) in [6, 6.07) is 12.9. The number of hydrogen-bond acceptors (Lipinski definition) is 5. The average molecular weight is 523 g/mol. The molecular weight excluding hydrogens is 476 g/mol. The van der Waals surface area contributed by atoms with E-state index in [1.807, 2.05) is 6.07 Å². The van der Waals surface area contributed by atoms with Crippen molar-refractivity contribution in [2.45, 2.75) is 89.1 Å². The molecule has 1 heterocycles. The van der Waals surface area contributed by atoms with Gasteiger partial charge in [-0.1, -0.05) is 69.2 Å². The first-order chi connectivity index (χ1) is 18.5. The van der Waals surface area contributed by atoms with Crippen molar-refractivity contribution < 1.29 is 24.5 Å². The molecular formula is C33H46O5. The Morgan fingerprint density at radius 3 is 2.47 bits per heavy atom. The molecule has 1 saturated carbocycles. The average Bonchev–Trinajstić information content (AvgIpc) is 2.97. The van der Waals surface area contributed by atoms with E-state index in [1.54, 1.807) is 0 Å². The molecule has 0 bridgehead atoms. The number of rotatable bonds is 12. The zero-order valence-corrected chi connectivity index (χ0v) is 23.1. The fourth-order valence-corrected chi connectivity index (χ4v) is 6.32. The minimum atomic E-state index is -0.632. The molecule has 1 aliphatic heterocycles. The van der Waals surface area contributed by atoms with Gasteiger partial charge < -0.3 is 19.7 Å². The van der Waals surface area contributed by atoms with Gasteiger partial charge in [0.05, 0.1) is 24.9 Å². The predicted octanol–water partition coefficient (Wildman–Crippen LogP) is 6.66. The van der Waals surface area contributed by atoms with Gasteiger partial charge in [-0.25, -0.2) is 4.79 Å². The highest BCUT2D eigenvalue weighted by atomic mass is 16.5. The highest BCUT2D eigenvalue weighted by Crippen LogP contribution is 2.41. The summed E-state index contributed by atoms with van der Waals surface area (Å²) in [7, 11) is 0. The molecule has 1 saturated heterocycles. The standard InChI is InChI=1S/C33H46O5/c1-3-4-5-6-24-7-16-32(37-21-24)26-10-8-25(9-11-26)27-12-13-29-18-30(15-14-28(29)17-27)31(20-35)22-38-33(36)23(2)19-34/h12-15,17-18,24-26,31-32,34-35H,2-11,16,19-22H2,1H3. The lowest BCUT2D eigenvalue weighted by Gasteiger charge is -2.38. The monoisotopic (exact) mass is 522 g/mol. The number of benzene rings is 2. The maximum Gasteiger partial charge on any atom is 0.335 e. The predicted molar refractivity (Wildman–Crippen MR) is 152 cm³/mol. The Bertz CT molecular complexity index is 1050. The molecule has 38 heavy (non-hydrogen) atoms. The van der Waals surface area contributed by atoms with Crippen LogP contribution in [-0.2, 0) is 14.3 Å². The van der Waals surface area contributed by atoms with Gasteiger partial charge in [0.15, 0.2) is 0 Å². The van der Waals surface area contributed by atoms with Gasteiger partial charge in [0, 0.05) is 12.5 Å². The zero-order valence-electron chi connectivity index (χ0n) is 23.1. The Labute approximate surface area is 228 Å². The second-order valence-corrected chi connectivity index (χ2v) is 11.5. The third-order valence-electron chi connectivity index (χ3n) is 8.87. The van der Waals surface area contributed by atoms with E-state index in [1.165, 1.54) is 75.2 Å². The summed E-state index contributed by atoms with van der Waals surface area (Å²) in [6.45, 7) is 6.21. The number of carbonyl (C=O) groups excluding carboxylic acids is 1. The Morgan fingerprint density at radius 1 is 1.03 bits per heavy atom. The second kappa shape index (κ2) is 14.3. The van der Waals surface area contributed by atoms with Gasteiger partial charge in [-0.05, 0) is 84.6 Å². The molecule has 1 aliphatic carbocycles. The summed E-state index contributed by atoms with van der Waals surface area (Å²) < 4.78 is 11.6. The van der Waals surface area contributed by atoms with Crippen molar-refractivity contribution in [3.8, 4) is 0 Å². The molecule has 2 aliphatic rings. The van der Waals surface area contributed by atoms with Gasteiger partial charge in [0.25, 0.3) is 0 Å². The van der Waals surface area contributed by atoms with Crippen molar-refractivity contribution in [2.75, 3.05) is 26.4 Å². The van der Waals surface area contributed by atoms with E-state index in [4.69, 9.17) is 14.6 Å². The number of unbranched alkanes of at least 4 members (excludes halogenated alkanes) is 2. The molecule has 208 valence electrons. The summed E-state index contributed by atoms with van der Waals surface area (Å²) in [4.78, 5) is 11.8. The molecule has 2 N–H and O–H groups in total. The molecule has 3 unspecified atom stereocenters. The normalized spacial score (nSPS) is 24.7. The molecule has 0 aromatic heterocycles. The zero-order chi connectivity index (χ0) is 26.9. The lowest BCUT2D eigenvalue weighted by molar-refractivity contribution is -0.140. The number of hydrogen-bond donors (Lipinski definition) is 2. The van der Waals surface area contributed by atoms with Crippen LogP contribution in [-0.4, -0.2) is 48.7 Å². The van der Waals surface area contributed by atoms with Gasteiger partial charge in [-0.3, -0.25) is 0 Å². The molecule has 2 aromatic rings. The van der Waals surface area contributed by atoms with Crippen LogP contribution in [0.3, 0.4) is 0 Å². The van der Waals surface area contributed by atoms with Crippen LogP contribution >= 0.6 is 0 Å². The van der Waals surface area contributed by atoms with Crippen LogP contribution in [0.5, 0.6) is 0 Å². The summed E-state index contributed by atoms with van der Waals surface area (Å²) in [6.07, 6.45) is 13.4. The van der Waals surface area contributed by atoms with Gasteiger partial charge in [-0.15, -0.1) is 0 Å². The van der Waals surface area contributed by atoms with E-state index in [9.17, 15) is 9.90 Å². The fourth-order valence-electron chi connectivity index (χ4n) is 6.32. The van der Waals surface area contributed by atoms with Crippen molar-refractivity contribution >= 4 is 16.7 Å². The molecule has 3 atom stereocenters. The third kappa shape index (κ3) is 7.46. The van der Waals surface area contributed by atoms with Gasteiger partial charge in [0.2, 0.25) is 0 Å². The molecule has 4 rings (SSSR count). The van der Waals surface area contributed by atoms with Crippen LogP contribution < -0.4 is 0 Å². The van der Waals surface area contributed by atoms with E-state index < -0.39 is 12.6 Å². The van der Waals surface area contributed by atoms with Crippen LogP contribution in [0, 0.1) is 11.8 Å². The molecule has 5 heteroatoms. The van der Waals surface area contributed by atoms with Crippen molar-refractivity contribution in [1.29, 1.82) is 0 Å². The van der Waals surface area contributed by atoms with Crippen LogP contribution in [0.2, 0.25) is 0 Å². The van der Waals surface area contributed by atoms with Crippen molar-refractivity contribution in [3.05, 3.63) is 59.7 Å². The first-order valence-corrected chi connectivity index (χ1v) is 14.7. The summed E-state index contributed by atoms with van der Waals surface area (Å²) in [5.41, 5.74) is 2.36. The second-order valence-electron chi connectivity index (χ2n) is 11.5. The molecule has 2 aromatic carbocycles. The smallest absolute Gasteiger partial charge is 0.335 e. The van der Waals surface area contributed by atoms with E-state index in [0.717, 1.165) is 23.5 Å². The summed E-state index contributed by atoms with van der Waals surface area (Å²) in [5, 5.41) is 21.2. The highest BCUT2D eigenvalue weighted by molar-refractivity contribution is 5.88. The van der Waals surface area contributed by atoms with E-state index >= 15 is 0 Å². The highest BCUT2D eigenvalue weighted by Gasteiger charge is 2.32. The molecule has 0 amide bonds.